The fourth-order valence-electron chi connectivity index (χ4n) is 3.04. The Morgan fingerprint density at radius 1 is 1.29 bits per heavy atom. The summed E-state index contributed by atoms with van der Waals surface area (Å²) in [5, 5.41) is 8.07. The summed E-state index contributed by atoms with van der Waals surface area (Å²) in [6.07, 6.45) is 4.70. The predicted octanol–water partition coefficient (Wildman–Crippen LogP) is 2.60. The summed E-state index contributed by atoms with van der Waals surface area (Å²) in [6, 6.07) is 10.4. The van der Waals surface area contributed by atoms with Gasteiger partial charge in [-0.25, -0.2) is 14.6 Å². The maximum Gasteiger partial charge on any atom is 0.208 e. The molecule has 6 heteroatoms. The van der Waals surface area contributed by atoms with E-state index in [0.29, 0.717) is 18.5 Å². The van der Waals surface area contributed by atoms with Gasteiger partial charge < -0.3 is 9.73 Å². The standard InChI is InChI=1S/C18H21N5O/c1-2-16-21-17-9-8-14(12-23(17)22-16)19-11-18-20-10-15(24-18)13-6-4-3-5-7-13/h3-7,10,14,19H,2,8-9,11-12H2,1H3/t14-/m0/s1. The van der Waals surface area contributed by atoms with E-state index in [1.165, 1.54) is 0 Å². The molecule has 24 heavy (non-hydrogen) atoms. The zero-order valence-corrected chi connectivity index (χ0v) is 13.8. The molecule has 0 fully saturated rings. The van der Waals surface area contributed by atoms with E-state index in [-0.39, 0.29) is 0 Å². The van der Waals surface area contributed by atoms with Crippen molar-refractivity contribution < 1.29 is 4.42 Å². The molecule has 0 saturated heterocycles. The zero-order chi connectivity index (χ0) is 16.4. The maximum atomic E-state index is 5.84. The van der Waals surface area contributed by atoms with Gasteiger partial charge in [-0.1, -0.05) is 37.3 Å². The lowest BCUT2D eigenvalue weighted by Crippen LogP contribution is -2.37. The van der Waals surface area contributed by atoms with Crippen LogP contribution in [0.3, 0.4) is 0 Å². The van der Waals surface area contributed by atoms with E-state index in [4.69, 9.17) is 4.42 Å². The number of rotatable bonds is 5. The van der Waals surface area contributed by atoms with Crippen molar-refractivity contribution in [3.63, 3.8) is 0 Å². The van der Waals surface area contributed by atoms with Crippen molar-refractivity contribution in [2.45, 2.75) is 45.3 Å². The summed E-state index contributed by atoms with van der Waals surface area (Å²) in [5.74, 6) is 3.56. The zero-order valence-electron chi connectivity index (χ0n) is 13.8. The van der Waals surface area contributed by atoms with Crippen LogP contribution in [0.1, 0.15) is 30.9 Å². The highest BCUT2D eigenvalue weighted by atomic mass is 16.4. The van der Waals surface area contributed by atoms with E-state index in [2.05, 4.69) is 27.3 Å². The van der Waals surface area contributed by atoms with E-state index in [1.807, 2.05) is 35.0 Å². The van der Waals surface area contributed by atoms with Gasteiger partial charge in [0.25, 0.3) is 0 Å². The first-order chi connectivity index (χ1) is 11.8. The van der Waals surface area contributed by atoms with Crippen molar-refractivity contribution in [2.75, 3.05) is 0 Å². The molecule has 0 aliphatic carbocycles. The molecule has 1 N–H and O–H groups in total. The lowest BCUT2D eigenvalue weighted by atomic mass is 10.1. The summed E-state index contributed by atoms with van der Waals surface area (Å²) < 4.78 is 7.88. The molecule has 4 rings (SSSR count). The van der Waals surface area contributed by atoms with E-state index in [9.17, 15) is 0 Å². The number of benzene rings is 1. The molecule has 0 radical (unpaired) electrons. The maximum absolute atomic E-state index is 5.84. The van der Waals surface area contributed by atoms with Gasteiger partial charge in [-0.15, -0.1) is 0 Å². The molecule has 0 amide bonds. The van der Waals surface area contributed by atoms with Crippen molar-refractivity contribution in [3.05, 3.63) is 54.1 Å². The number of aryl methyl sites for hydroxylation is 2. The number of nitrogens with zero attached hydrogens (tertiary/aromatic N) is 4. The number of fused-ring (bicyclic) bond motifs is 1. The number of oxazole rings is 1. The third-order valence-corrected chi connectivity index (χ3v) is 4.37. The van der Waals surface area contributed by atoms with Crippen LogP contribution in [0.5, 0.6) is 0 Å². The normalized spacial score (nSPS) is 17.0. The minimum atomic E-state index is 0.371. The number of aromatic nitrogens is 4. The first-order valence-corrected chi connectivity index (χ1v) is 8.48. The Balaban J connectivity index is 1.37. The average molecular weight is 323 g/mol. The Bertz CT molecular complexity index is 808. The van der Waals surface area contributed by atoms with E-state index < -0.39 is 0 Å². The van der Waals surface area contributed by atoms with Gasteiger partial charge in [-0.3, -0.25) is 0 Å². The Hall–Kier alpha value is -2.47. The van der Waals surface area contributed by atoms with Gasteiger partial charge in [0.05, 0.1) is 19.3 Å². The molecule has 6 nitrogen and oxygen atoms in total. The summed E-state index contributed by atoms with van der Waals surface area (Å²) in [5.41, 5.74) is 1.05. The van der Waals surface area contributed by atoms with Crippen molar-refractivity contribution in [2.24, 2.45) is 0 Å². The topological polar surface area (TPSA) is 68.8 Å². The van der Waals surface area contributed by atoms with E-state index in [1.54, 1.807) is 6.20 Å². The van der Waals surface area contributed by atoms with Gasteiger partial charge >= 0.3 is 0 Å². The van der Waals surface area contributed by atoms with Crippen LogP contribution in [0.2, 0.25) is 0 Å². The average Bonchev–Trinajstić information content (AvgIpc) is 3.27. The fourth-order valence-corrected chi connectivity index (χ4v) is 3.04. The summed E-state index contributed by atoms with van der Waals surface area (Å²) in [7, 11) is 0. The van der Waals surface area contributed by atoms with Gasteiger partial charge in [0.2, 0.25) is 5.89 Å². The Morgan fingerprint density at radius 3 is 3.00 bits per heavy atom. The SMILES string of the molecule is CCc1nc2n(n1)C[C@@H](NCc1ncc(-c3ccccc3)o1)CC2. The van der Waals surface area contributed by atoms with Crippen molar-refractivity contribution >= 4 is 0 Å². The molecule has 1 aliphatic rings. The number of hydrogen-bond donors (Lipinski definition) is 1. The molecule has 0 bridgehead atoms. The third-order valence-electron chi connectivity index (χ3n) is 4.37. The van der Waals surface area contributed by atoms with Crippen LogP contribution in [0.15, 0.2) is 40.9 Å². The van der Waals surface area contributed by atoms with Crippen molar-refractivity contribution in [1.29, 1.82) is 0 Å². The largest absolute Gasteiger partial charge is 0.439 e. The summed E-state index contributed by atoms with van der Waals surface area (Å²) in [6.45, 7) is 3.57. The minimum Gasteiger partial charge on any atom is -0.439 e. The Morgan fingerprint density at radius 2 is 2.17 bits per heavy atom. The fraction of sp³-hybridized carbons (Fsp3) is 0.389. The molecule has 1 aromatic carbocycles. The Labute approximate surface area is 140 Å². The minimum absolute atomic E-state index is 0.371. The van der Waals surface area contributed by atoms with Gasteiger partial charge in [-0.05, 0) is 6.42 Å². The van der Waals surface area contributed by atoms with Gasteiger partial charge in [-0.2, -0.15) is 5.10 Å². The smallest absolute Gasteiger partial charge is 0.208 e. The molecule has 1 atom stereocenters. The summed E-state index contributed by atoms with van der Waals surface area (Å²) >= 11 is 0. The van der Waals surface area contributed by atoms with E-state index in [0.717, 1.165) is 48.8 Å². The van der Waals surface area contributed by atoms with Crippen LogP contribution < -0.4 is 5.32 Å². The van der Waals surface area contributed by atoms with E-state index >= 15 is 0 Å². The molecular formula is C18H21N5O. The van der Waals surface area contributed by atoms with Gasteiger partial charge in [0.1, 0.15) is 5.82 Å². The molecule has 124 valence electrons. The van der Waals surface area contributed by atoms with Crippen LogP contribution in [0.4, 0.5) is 0 Å². The molecule has 0 unspecified atom stereocenters. The predicted molar refractivity (Wildman–Crippen MR) is 90.3 cm³/mol. The second kappa shape index (κ2) is 6.57. The van der Waals surface area contributed by atoms with Crippen LogP contribution >= 0.6 is 0 Å². The molecule has 0 spiro atoms. The number of nitrogens with one attached hydrogen (secondary N) is 1. The molecule has 1 aliphatic heterocycles. The molecule has 3 heterocycles. The lowest BCUT2D eigenvalue weighted by Gasteiger charge is -2.22. The first kappa shape index (κ1) is 15.1. The quantitative estimate of drug-likeness (QED) is 0.781. The third kappa shape index (κ3) is 3.10. The van der Waals surface area contributed by atoms with Gasteiger partial charge in [0, 0.05) is 24.4 Å². The highest BCUT2D eigenvalue weighted by Gasteiger charge is 2.21. The summed E-state index contributed by atoms with van der Waals surface area (Å²) in [4.78, 5) is 8.93. The Kier molecular flexibility index (Phi) is 4.13. The van der Waals surface area contributed by atoms with Crippen LogP contribution in [0, 0.1) is 0 Å². The van der Waals surface area contributed by atoms with Crippen LogP contribution in [0.25, 0.3) is 11.3 Å². The van der Waals surface area contributed by atoms with Crippen molar-refractivity contribution in [3.8, 4) is 11.3 Å². The van der Waals surface area contributed by atoms with Crippen LogP contribution in [-0.2, 0) is 25.9 Å². The lowest BCUT2D eigenvalue weighted by molar-refractivity contribution is 0.342. The number of hydrogen-bond acceptors (Lipinski definition) is 5. The highest BCUT2D eigenvalue weighted by Crippen LogP contribution is 2.20. The monoisotopic (exact) mass is 323 g/mol. The van der Waals surface area contributed by atoms with Crippen LogP contribution in [-0.4, -0.2) is 25.8 Å². The first-order valence-electron chi connectivity index (χ1n) is 8.48. The second-order valence-corrected chi connectivity index (χ2v) is 6.08. The molecule has 2 aromatic heterocycles. The highest BCUT2D eigenvalue weighted by molar-refractivity contribution is 5.55. The second-order valence-electron chi connectivity index (χ2n) is 6.08. The van der Waals surface area contributed by atoms with Crippen molar-refractivity contribution in [1.82, 2.24) is 25.1 Å². The molecule has 3 aromatic rings. The molecular weight excluding hydrogens is 302 g/mol. The molecule has 0 saturated carbocycles. The van der Waals surface area contributed by atoms with Gasteiger partial charge in [0.15, 0.2) is 11.6 Å².